The fourth-order valence-electron chi connectivity index (χ4n) is 4.25. The number of carbonyl (C=O) groups is 2. The highest BCUT2D eigenvalue weighted by Crippen LogP contribution is 2.33. The molecule has 1 aliphatic carbocycles. The third-order valence-corrected chi connectivity index (χ3v) is 6.16. The molecular formula is C22H32N2O4. The van der Waals surface area contributed by atoms with E-state index in [2.05, 4.69) is 10.2 Å². The first-order chi connectivity index (χ1) is 13.5. The van der Waals surface area contributed by atoms with Crippen molar-refractivity contribution in [2.24, 2.45) is 0 Å². The number of morpholine rings is 1. The Morgan fingerprint density at radius 3 is 2.50 bits per heavy atom. The van der Waals surface area contributed by atoms with Crippen LogP contribution < -0.4 is 5.32 Å². The van der Waals surface area contributed by atoms with Gasteiger partial charge in [0, 0.05) is 25.2 Å². The molecule has 28 heavy (non-hydrogen) atoms. The van der Waals surface area contributed by atoms with Gasteiger partial charge in [0.1, 0.15) is 0 Å². The summed E-state index contributed by atoms with van der Waals surface area (Å²) in [6, 6.07) is 5.42. The lowest BCUT2D eigenvalue weighted by Crippen LogP contribution is -2.59. The van der Waals surface area contributed by atoms with Gasteiger partial charge in [-0.2, -0.15) is 0 Å². The number of ether oxygens (including phenoxy) is 2. The SMILES string of the molecule is Cc1ccc(C(=O)OCC(=O)NCC2(N3CCOCC3)CCCCC2)cc1C. The molecule has 0 aromatic heterocycles. The van der Waals surface area contributed by atoms with E-state index in [1.54, 1.807) is 12.1 Å². The van der Waals surface area contributed by atoms with Crippen molar-refractivity contribution in [1.29, 1.82) is 0 Å². The van der Waals surface area contributed by atoms with Crippen LogP contribution in [0.3, 0.4) is 0 Å². The highest BCUT2D eigenvalue weighted by molar-refractivity contribution is 5.91. The molecule has 3 rings (SSSR count). The summed E-state index contributed by atoms with van der Waals surface area (Å²) in [7, 11) is 0. The van der Waals surface area contributed by atoms with E-state index in [0.717, 1.165) is 50.3 Å². The molecule has 6 nitrogen and oxygen atoms in total. The summed E-state index contributed by atoms with van der Waals surface area (Å²) in [4.78, 5) is 27.0. The zero-order valence-corrected chi connectivity index (χ0v) is 17.1. The molecule has 0 bridgehead atoms. The van der Waals surface area contributed by atoms with Gasteiger partial charge in [0.15, 0.2) is 6.61 Å². The van der Waals surface area contributed by atoms with E-state index in [9.17, 15) is 9.59 Å². The van der Waals surface area contributed by atoms with Crippen molar-refractivity contribution >= 4 is 11.9 Å². The summed E-state index contributed by atoms with van der Waals surface area (Å²) in [6.45, 7) is 7.64. The zero-order valence-electron chi connectivity index (χ0n) is 17.1. The van der Waals surface area contributed by atoms with Gasteiger partial charge >= 0.3 is 5.97 Å². The number of esters is 1. The summed E-state index contributed by atoms with van der Waals surface area (Å²) in [5.74, 6) is -0.700. The number of hydrogen-bond donors (Lipinski definition) is 1. The Kier molecular flexibility index (Phi) is 7.08. The van der Waals surface area contributed by atoms with Crippen molar-refractivity contribution in [3.05, 3.63) is 34.9 Å². The van der Waals surface area contributed by atoms with Crippen molar-refractivity contribution in [3.8, 4) is 0 Å². The van der Waals surface area contributed by atoms with Gasteiger partial charge in [-0.15, -0.1) is 0 Å². The molecule has 0 spiro atoms. The first-order valence-electron chi connectivity index (χ1n) is 10.3. The van der Waals surface area contributed by atoms with Crippen LogP contribution in [0.5, 0.6) is 0 Å². The largest absolute Gasteiger partial charge is 0.452 e. The predicted molar refractivity (Wildman–Crippen MR) is 107 cm³/mol. The van der Waals surface area contributed by atoms with Crippen LogP contribution in [-0.4, -0.2) is 61.8 Å². The van der Waals surface area contributed by atoms with E-state index in [1.807, 2.05) is 19.9 Å². The van der Waals surface area contributed by atoms with Crippen molar-refractivity contribution in [3.63, 3.8) is 0 Å². The third-order valence-electron chi connectivity index (χ3n) is 6.16. The van der Waals surface area contributed by atoms with Crippen LogP contribution in [0.2, 0.25) is 0 Å². The molecule has 1 aromatic rings. The van der Waals surface area contributed by atoms with Crippen LogP contribution in [0, 0.1) is 13.8 Å². The van der Waals surface area contributed by atoms with E-state index in [4.69, 9.17) is 9.47 Å². The minimum atomic E-state index is -0.459. The van der Waals surface area contributed by atoms with Gasteiger partial charge in [-0.05, 0) is 49.9 Å². The normalized spacial score (nSPS) is 19.8. The average Bonchev–Trinajstić information content (AvgIpc) is 2.73. The minimum absolute atomic E-state index is 0.00969. The monoisotopic (exact) mass is 388 g/mol. The highest BCUT2D eigenvalue weighted by Gasteiger charge is 2.38. The predicted octanol–water partition coefficient (Wildman–Crippen LogP) is 2.61. The van der Waals surface area contributed by atoms with Gasteiger partial charge in [-0.1, -0.05) is 25.3 Å². The van der Waals surface area contributed by atoms with Crippen molar-refractivity contribution in [2.75, 3.05) is 39.5 Å². The summed E-state index contributed by atoms with van der Waals surface area (Å²) >= 11 is 0. The Hall–Kier alpha value is -1.92. The Morgan fingerprint density at radius 2 is 1.82 bits per heavy atom. The molecule has 1 heterocycles. The van der Waals surface area contributed by atoms with Crippen molar-refractivity contribution in [1.82, 2.24) is 10.2 Å². The fraction of sp³-hybridized carbons (Fsp3) is 0.636. The van der Waals surface area contributed by atoms with Gasteiger partial charge < -0.3 is 14.8 Å². The topological polar surface area (TPSA) is 67.9 Å². The maximum Gasteiger partial charge on any atom is 0.338 e. The molecule has 6 heteroatoms. The van der Waals surface area contributed by atoms with Crippen LogP contribution in [-0.2, 0) is 14.3 Å². The number of benzene rings is 1. The van der Waals surface area contributed by atoms with Gasteiger partial charge in [0.25, 0.3) is 5.91 Å². The summed E-state index contributed by atoms with van der Waals surface area (Å²) in [5, 5.41) is 3.02. The quantitative estimate of drug-likeness (QED) is 0.759. The second-order valence-electron chi connectivity index (χ2n) is 8.04. The fourth-order valence-corrected chi connectivity index (χ4v) is 4.25. The van der Waals surface area contributed by atoms with E-state index in [0.29, 0.717) is 12.1 Å². The first-order valence-corrected chi connectivity index (χ1v) is 10.3. The maximum atomic E-state index is 12.3. The van der Waals surface area contributed by atoms with Crippen LogP contribution in [0.4, 0.5) is 0 Å². The third kappa shape index (κ3) is 5.11. The van der Waals surface area contributed by atoms with E-state index in [1.165, 1.54) is 19.3 Å². The molecule has 0 radical (unpaired) electrons. The van der Waals surface area contributed by atoms with Crippen LogP contribution in [0.25, 0.3) is 0 Å². The van der Waals surface area contributed by atoms with Gasteiger partial charge in [-0.3, -0.25) is 9.69 Å². The van der Waals surface area contributed by atoms with Crippen molar-refractivity contribution < 1.29 is 19.1 Å². The molecule has 1 aromatic carbocycles. The van der Waals surface area contributed by atoms with Crippen LogP contribution in [0.15, 0.2) is 18.2 Å². The molecule has 154 valence electrons. The number of aryl methyl sites for hydroxylation is 2. The Labute approximate surface area is 167 Å². The molecular weight excluding hydrogens is 356 g/mol. The van der Waals surface area contributed by atoms with Gasteiger partial charge in [0.05, 0.1) is 18.8 Å². The lowest BCUT2D eigenvalue weighted by atomic mass is 9.79. The lowest BCUT2D eigenvalue weighted by Gasteiger charge is -2.48. The minimum Gasteiger partial charge on any atom is -0.452 e. The highest BCUT2D eigenvalue weighted by atomic mass is 16.5. The molecule has 0 unspecified atom stereocenters. The number of nitrogens with zero attached hydrogens (tertiary/aromatic N) is 1. The Bertz CT molecular complexity index is 692. The standard InChI is InChI=1S/C22H32N2O4/c1-17-6-7-19(14-18(17)2)21(26)28-15-20(25)23-16-22(8-4-3-5-9-22)24-10-12-27-13-11-24/h6-7,14H,3-5,8-13,15-16H2,1-2H3,(H,23,25). The first kappa shape index (κ1) is 20.8. The summed E-state index contributed by atoms with van der Waals surface area (Å²) < 4.78 is 10.7. The number of hydrogen-bond acceptors (Lipinski definition) is 5. The molecule has 1 amide bonds. The Balaban J connectivity index is 1.51. The number of rotatable bonds is 6. The average molecular weight is 389 g/mol. The number of nitrogens with one attached hydrogen (secondary N) is 1. The smallest absolute Gasteiger partial charge is 0.338 e. The summed E-state index contributed by atoms with van der Waals surface area (Å²) in [6.07, 6.45) is 5.82. The van der Waals surface area contributed by atoms with E-state index in [-0.39, 0.29) is 18.1 Å². The van der Waals surface area contributed by atoms with Crippen LogP contribution >= 0.6 is 0 Å². The summed E-state index contributed by atoms with van der Waals surface area (Å²) in [5.41, 5.74) is 2.64. The second kappa shape index (κ2) is 9.52. The number of amides is 1. The van der Waals surface area contributed by atoms with Gasteiger partial charge in [-0.25, -0.2) is 4.79 Å². The van der Waals surface area contributed by atoms with Gasteiger partial charge in [0.2, 0.25) is 0 Å². The molecule has 1 N–H and O–H groups in total. The van der Waals surface area contributed by atoms with E-state index < -0.39 is 5.97 Å². The number of carbonyl (C=O) groups excluding carboxylic acids is 2. The zero-order chi connectivity index (χ0) is 20.0. The molecule has 2 fully saturated rings. The molecule has 1 saturated heterocycles. The van der Waals surface area contributed by atoms with Crippen molar-refractivity contribution in [2.45, 2.75) is 51.5 Å². The van der Waals surface area contributed by atoms with Crippen LogP contribution in [0.1, 0.15) is 53.6 Å². The molecule has 1 saturated carbocycles. The maximum absolute atomic E-state index is 12.3. The molecule has 0 atom stereocenters. The second-order valence-corrected chi connectivity index (χ2v) is 8.04. The molecule has 1 aliphatic heterocycles. The van der Waals surface area contributed by atoms with E-state index >= 15 is 0 Å². The Morgan fingerprint density at radius 1 is 1.11 bits per heavy atom. The molecule has 2 aliphatic rings. The lowest BCUT2D eigenvalue weighted by molar-refractivity contribution is -0.125.